The maximum Gasteiger partial charge on any atom is 0.368 e. The minimum absolute atomic E-state index is 0.167. The normalized spacial score (nSPS) is 20.6. The zero-order valence-corrected chi connectivity index (χ0v) is 8.36. The van der Waals surface area contributed by atoms with E-state index in [9.17, 15) is 4.79 Å². The molecule has 0 bridgehead atoms. The van der Waals surface area contributed by atoms with E-state index < -0.39 is 5.97 Å². The standard InChI is InChI=1S/C8H14O.C2H2O3/c1-2-7-5-3-4-6-8(7)9;3-1-2(4)5/h7H,2-6H2,1H3;1H,(H,4,5). The van der Waals surface area contributed by atoms with Gasteiger partial charge in [-0.25, -0.2) is 4.79 Å². The molecule has 4 heteroatoms. The van der Waals surface area contributed by atoms with Crippen LogP contribution in [-0.2, 0) is 14.4 Å². The van der Waals surface area contributed by atoms with Crippen LogP contribution in [0.4, 0.5) is 0 Å². The van der Waals surface area contributed by atoms with Crippen molar-refractivity contribution in [3.8, 4) is 0 Å². The van der Waals surface area contributed by atoms with Crippen molar-refractivity contribution in [2.75, 3.05) is 0 Å². The Labute approximate surface area is 83.3 Å². The van der Waals surface area contributed by atoms with Crippen LogP contribution in [0.5, 0.6) is 0 Å². The van der Waals surface area contributed by atoms with Crippen LogP contribution in [0.15, 0.2) is 0 Å². The zero-order chi connectivity index (χ0) is 11.0. The monoisotopic (exact) mass is 200 g/mol. The van der Waals surface area contributed by atoms with Gasteiger partial charge >= 0.3 is 5.97 Å². The molecule has 80 valence electrons. The lowest BCUT2D eigenvalue weighted by Gasteiger charge is -2.17. The molecule has 1 rings (SSSR count). The van der Waals surface area contributed by atoms with Gasteiger partial charge in [0.05, 0.1) is 0 Å². The van der Waals surface area contributed by atoms with E-state index in [2.05, 4.69) is 6.92 Å². The summed E-state index contributed by atoms with van der Waals surface area (Å²) in [6, 6.07) is 0. The molecule has 1 aliphatic rings. The molecule has 0 spiro atoms. The van der Waals surface area contributed by atoms with Gasteiger partial charge in [-0.05, 0) is 19.3 Å². The van der Waals surface area contributed by atoms with E-state index in [-0.39, 0.29) is 6.29 Å². The first-order valence-electron chi connectivity index (χ1n) is 4.82. The molecule has 0 aromatic rings. The summed E-state index contributed by atoms with van der Waals surface area (Å²) in [6.45, 7) is 2.11. The van der Waals surface area contributed by atoms with Crippen LogP contribution in [0, 0.1) is 5.92 Å². The number of carboxylic acid groups (broad SMARTS) is 1. The van der Waals surface area contributed by atoms with Crippen LogP contribution < -0.4 is 0 Å². The molecule has 0 amide bonds. The first kappa shape index (κ1) is 12.8. The summed E-state index contributed by atoms with van der Waals surface area (Å²) >= 11 is 0. The maximum atomic E-state index is 11.0. The second-order valence-electron chi connectivity index (χ2n) is 3.27. The highest BCUT2D eigenvalue weighted by Crippen LogP contribution is 2.22. The number of hydrogen-bond donors (Lipinski definition) is 1. The lowest BCUT2D eigenvalue weighted by molar-refractivity contribution is -0.143. The van der Waals surface area contributed by atoms with Gasteiger partial charge in [0.2, 0.25) is 6.29 Å². The summed E-state index contributed by atoms with van der Waals surface area (Å²) in [4.78, 5) is 28.9. The van der Waals surface area contributed by atoms with Crippen LogP contribution in [0.1, 0.15) is 39.0 Å². The van der Waals surface area contributed by atoms with Crippen molar-refractivity contribution >= 4 is 18.0 Å². The van der Waals surface area contributed by atoms with Gasteiger partial charge in [-0.3, -0.25) is 9.59 Å². The largest absolute Gasteiger partial charge is 0.476 e. The van der Waals surface area contributed by atoms with Crippen molar-refractivity contribution in [2.24, 2.45) is 5.92 Å². The van der Waals surface area contributed by atoms with Crippen LogP contribution >= 0.6 is 0 Å². The van der Waals surface area contributed by atoms with Crippen LogP contribution in [0.25, 0.3) is 0 Å². The van der Waals surface area contributed by atoms with Crippen molar-refractivity contribution in [1.82, 2.24) is 0 Å². The third-order valence-corrected chi connectivity index (χ3v) is 2.27. The van der Waals surface area contributed by atoms with Gasteiger partial charge < -0.3 is 5.11 Å². The Hall–Kier alpha value is -1.19. The summed E-state index contributed by atoms with van der Waals surface area (Å²) in [5, 5.41) is 7.35. The highest BCUT2D eigenvalue weighted by atomic mass is 16.4. The number of ketones is 1. The molecule has 0 saturated heterocycles. The average Bonchev–Trinajstić information content (AvgIpc) is 2.19. The van der Waals surface area contributed by atoms with Crippen molar-refractivity contribution in [1.29, 1.82) is 0 Å². The fraction of sp³-hybridized carbons (Fsp3) is 0.700. The van der Waals surface area contributed by atoms with E-state index in [1.54, 1.807) is 0 Å². The van der Waals surface area contributed by atoms with E-state index in [0.29, 0.717) is 11.7 Å². The number of Topliss-reactive ketones (excluding diaryl/α,β-unsaturated/α-hetero) is 1. The van der Waals surface area contributed by atoms with Crippen LogP contribution in [0.2, 0.25) is 0 Å². The van der Waals surface area contributed by atoms with E-state index in [1.807, 2.05) is 0 Å². The Bertz CT molecular complexity index is 210. The number of carbonyl (C=O) groups is 3. The number of carboxylic acids is 1. The SMILES string of the molecule is CCC1CCCCC1=O.O=CC(=O)O. The molecular weight excluding hydrogens is 184 g/mol. The third-order valence-electron chi connectivity index (χ3n) is 2.27. The first-order valence-corrected chi connectivity index (χ1v) is 4.82. The van der Waals surface area contributed by atoms with Gasteiger partial charge in [0.15, 0.2) is 0 Å². The van der Waals surface area contributed by atoms with Gasteiger partial charge in [0, 0.05) is 12.3 Å². The Balaban J connectivity index is 0.000000292. The smallest absolute Gasteiger partial charge is 0.368 e. The molecule has 14 heavy (non-hydrogen) atoms. The molecule has 0 aliphatic heterocycles. The summed E-state index contributed by atoms with van der Waals surface area (Å²) < 4.78 is 0. The van der Waals surface area contributed by atoms with Crippen molar-refractivity contribution in [3.63, 3.8) is 0 Å². The van der Waals surface area contributed by atoms with E-state index in [1.165, 1.54) is 6.42 Å². The van der Waals surface area contributed by atoms with Gasteiger partial charge in [-0.2, -0.15) is 0 Å². The van der Waals surface area contributed by atoms with Crippen molar-refractivity contribution < 1.29 is 19.5 Å². The molecule has 1 atom stereocenters. The van der Waals surface area contributed by atoms with Gasteiger partial charge in [-0.15, -0.1) is 0 Å². The summed E-state index contributed by atoms with van der Waals surface area (Å²) in [6.07, 6.45) is 5.28. The predicted molar refractivity (Wildman–Crippen MR) is 51.0 cm³/mol. The molecule has 1 saturated carbocycles. The Morgan fingerprint density at radius 2 is 2.14 bits per heavy atom. The Morgan fingerprint density at radius 3 is 2.43 bits per heavy atom. The summed E-state index contributed by atoms with van der Waals surface area (Å²) in [7, 11) is 0. The second kappa shape index (κ2) is 7.24. The first-order chi connectivity index (χ1) is 6.61. The number of carbonyl (C=O) groups excluding carboxylic acids is 2. The number of aliphatic carboxylic acids is 1. The molecule has 4 nitrogen and oxygen atoms in total. The fourth-order valence-corrected chi connectivity index (χ4v) is 1.49. The minimum atomic E-state index is -1.43. The molecule has 1 fully saturated rings. The lowest BCUT2D eigenvalue weighted by atomic mass is 9.86. The van der Waals surface area contributed by atoms with E-state index in [4.69, 9.17) is 14.7 Å². The molecule has 0 aromatic carbocycles. The second-order valence-corrected chi connectivity index (χ2v) is 3.27. The lowest BCUT2D eigenvalue weighted by Crippen LogP contribution is -2.17. The number of rotatable bonds is 2. The Kier molecular flexibility index (Phi) is 6.62. The highest BCUT2D eigenvalue weighted by molar-refractivity contribution is 6.19. The Morgan fingerprint density at radius 1 is 1.57 bits per heavy atom. The number of hydrogen-bond acceptors (Lipinski definition) is 3. The molecular formula is C10H16O4. The van der Waals surface area contributed by atoms with Gasteiger partial charge in [0.25, 0.3) is 0 Å². The molecule has 0 heterocycles. The molecule has 0 radical (unpaired) electrons. The molecule has 1 N–H and O–H groups in total. The van der Waals surface area contributed by atoms with E-state index in [0.717, 1.165) is 25.7 Å². The molecule has 0 aromatic heterocycles. The van der Waals surface area contributed by atoms with Crippen LogP contribution in [-0.4, -0.2) is 23.1 Å². The zero-order valence-electron chi connectivity index (χ0n) is 8.36. The topological polar surface area (TPSA) is 71.4 Å². The van der Waals surface area contributed by atoms with Crippen molar-refractivity contribution in [3.05, 3.63) is 0 Å². The maximum absolute atomic E-state index is 11.0. The van der Waals surface area contributed by atoms with Crippen LogP contribution in [0.3, 0.4) is 0 Å². The minimum Gasteiger partial charge on any atom is -0.476 e. The summed E-state index contributed by atoms with van der Waals surface area (Å²) in [5.74, 6) is -0.507. The molecule has 1 aliphatic carbocycles. The van der Waals surface area contributed by atoms with Crippen molar-refractivity contribution in [2.45, 2.75) is 39.0 Å². The predicted octanol–water partition coefficient (Wildman–Crippen LogP) is 1.43. The quantitative estimate of drug-likeness (QED) is 0.540. The summed E-state index contributed by atoms with van der Waals surface area (Å²) in [5.41, 5.74) is 0. The fourth-order valence-electron chi connectivity index (χ4n) is 1.49. The third kappa shape index (κ3) is 5.45. The molecule has 1 unspecified atom stereocenters. The average molecular weight is 200 g/mol. The van der Waals surface area contributed by atoms with Gasteiger partial charge in [0.1, 0.15) is 5.78 Å². The van der Waals surface area contributed by atoms with E-state index >= 15 is 0 Å². The number of aldehydes is 1. The van der Waals surface area contributed by atoms with Gasteiger partial charge in [-0.1, -0.05) is 13.3 Å². The highest BCUT2D eigenvalue weighted by Gasteiger charge is 2.19.